The Balaban J connectivity index is 2.50. The van der Waals surface area contributed by atoms with Crippen LogP contribution in [0, 0.1) is 0 Å². The largest absolute Gasteiger partial charge is 0.476 e. The maximum Gasteiger partial charge on any atom is 0.390 e. The molecule has 0 unspecified atom stereocenters. The molecule has 9 heteroatoms. The van der Waals surface area contributed by atoms with Crippen LogP contribution in [-0.4, -0.2) is 34.7 Å². The van der Waals surface area contributed by atoms with Crippen LogP contribution in [0.1, 0.15) is 26.7 Å². The first-order valence-electron chi connectivity index (χ1n) is 4.33. The number of carbonyl (C=O) groups is 2. The number of nitrogens with zero attached hydrogens (tertiary/aromatic N) is 1. The molecule has 0 saturated carbocycles. The van der Waals surface area contributed by atoms with E-state index < -0.39 is 31.0 Å². The van der Waals surface area contributed by atoms with Gasteiger partial charge >= 0.3 is 12.1 Å². The Bertz CT molecular complexity index is 430. The predicted molar refractivity (Wildman–Crippen MR) is 52.1 cm³/mol. The topological polar surface area (TPSA) is 79.3 Å². The predicted octanol–water partition coefficient (Wildman–Crippen LogP) is 1.52. The second kappa shape index (κ2) is 5.13. The van der Waals surface area contributed by atoms with Gasteiger partial charge < -0.3 is 10.4 Å². The molecule has 0 aliphatic heterocycles. The van der Waals surface area contributed by atoms with Gasteiger partial charge in [-0.05, 0) is 0 Å². The number of hydrogen-bond donors (Lipinski definition) is 2. The molecule has 0 fully saturated rings. The Kier molecular flexibility index (Phi) is 4.05. The normalized spacial score (nSPS) is 11.2. The Morgan fingerprint density at radius 3 is 2.59 bits per heavy atom. The second-order valence-electron chi connectivity index (χ2n) is 2.96. The molecule has 0 aliphatic rings. The molecular formula is C8H7F3N2O3S. The molecule has 1 aromatic rings. The van der Waals surface area contributed by atoms with Crippen molar-refractivity contribution in [2.45, 2.75) is 12.6 Å². The summed E-state index contributed by atoms with van der Waals surface area (Å²) in [5.74, 6) is -2.11. The number of aromatic carboxylic acids is 1. The van der Waals surface area contributed by atoms with Gasteiger partial charge in [-0.15, -0.1) is 11.3 Å². The first-order chi connectivity index (χ1) is 7.79. The fraction of sp³-hybridized carbons (Fsp3) is 0.375. The maximum absolute atomic E-state index is 11.8. The first kappa shape index (κ1) is 13.4. The van der Waals surface area contributed by atoms with Crippen molar-refractivity contribution < 1.29 is 27.9 Å². The third-order valence-corrected chi connectivity index (χ3v) is 2.45. The Labute approximate surface area is 97.3 Å². The number of aromatic nitrogens is 1. The van der Waals surface area contributed by atoms with Crippen molar-refractivity contribution in [3.8, 4) is 0 Å². The monoisotopic (exact) mass is 268 g/mol. The summed E-state index contributed by atoms with van der Waals surface area (Å²) in [6, 6.07) is 0. The molecule has 94 valence electrons. The number of halogens is 3. The molecule has 1 aromatic heterocycles. The number of nitrogens with one attached hydrogen (secondary N) is 1. The van der Waals surface area contributed by atoms with Crippen molar-refractivity contribution in [3.63, 3.8) is 0 Å². The van der Waals surface area contributed by atoms with Crippen LogP contribution in [-0.2, 0) is 0 Å². The molecule has 5 nitrogen and oxygen atoms in total. The van der Waals surface area contributed by atoms with Crippen LogP contribution in [0.25, 0.3) is 0 Å². The van der Waals surface area contributed by atoms with Gasteiger partial charge in [-0.1, -0.05) is 0 Å². The van der Waals surface area contributed by atoms with Gasteiger partial charge in [0.2, 0.25) is 0 Å². The highest BCUT2D eigenvalue weighted by atomic mass is 32.1. The van der Waals surface area contributed by atoms with Crippen LogP contribution in [0.4, 0.5) is 13.2 Å². The Hall–Kier alpha value is -1.64. The van der Waals surface area contributed by atoms with Gasteiger partial charge in [0, 0.05) is 11.9 Å². The number of hydrogen-bond acceptors (Lipinski definition) is 4. The number of rotatable bonds is 4. The van der Waals surface area contributed by atoms with Crippen LogP contribution >= 0.6 is 11.3 Å². The highest BCUT2D eigenvalue weighted by Crippen LogP contribution is 2.18. The zero-order valence-electron chi connectivity index (χ0n) is 8.24. The average Bonchev–Trinajstić information content (AvgIpc) is 2.63. The van der Waals surface area contributed by atoms with Crippen molar-refractivity contribution in [2.24, 2.45) is 0 Å². The lowest BCUT2D eigenvalue weighted by Crippen LogP contribution is -2.27. The van der Waals surface area contributed by atoms with Gasteiger partial charge in [-0.3, -0.25) is 4.79 Å². The summed E-state index contributed by atoms with van der Waals surface area (Å²) in [6.45, 7) is -0.565. The van der Waals surface area contributed by atoms with E-state index in [0.717, 1.165) is 16.7 Å². The SMILES string of the molecule is O=C(O)c1csc(C(=O)NCCC(F)(F)F)n1. The van der Waals surface area contributed by atoms with Crippen molar-refractivity contribution in [1.29, 1.82) is 0 Å². The van der Waals surface area contributed by atoms with E-state index in [1.165, 1.54) is 0 Å². The van der Waals surface area contributed by atoms with E-state index in [2.05, 4.69) is 4.98 Å². The minimum Gasteiger partial charge on any atom is -0.476 e. The number of carboxylic acid groups (broad SMARTS) is 1. The number of amides is 1. The molecule has 2 N–H and O–H groups in total. The molecule has 0 atom stereocenters. The summed E-state index contributed by atoms with van der Waals surface area (Å²) >= 11 is 0.759. The van der Waals surface area contributed by atoms with Crippen LogP contribution in [0.3, 0.4) is 0 Å². The van der Waals surface area contributed by atoms with Gasteiger partial charge in [0.1, 0.15) is 0 Å². The lowest BCUT2D eigenvalue weighted by Gasteiger charge is -2.06. The highest BCUT2D eigenvalue weighted by molar-refractivity contribution is 7.11. The fourth-order valence-electron chi connectivity index (χ4n) is 0.870. The molecule has 1 heterocycles. The fourth-order valence-corrected chi connectivity index (χ4v) is 1.58. The lowest BCUT2D eigenvalue weighted by atomic mass is 10.4. The summed E-state index contributed by atoms with van der Waals surface area (Å²) in [4.78, 5) is 25.1. The molecule has 17 heavy (non-hydrogen) atoms. The van der Waals surface area contributed by atoms with Crippen molar-refractivity contribution in [2.75, 3.05) is 6.54 Å². The molecule has 0 spiro atoms. The summed E-state index contributed by atoms with van der Waals surface area (Å²) in [5.41, 5.74) is -0.309. The van der Waals surface area contributed by atoms with Gasteiger partial charge in [0.05, 0.1) is 6.42 Å². The maximum atomic E-state index is 11.8. The van der Waals surface area contributed by atoms with Crippen molar-refractivity contribution >= 4 is 23.2 Å². The van der Waals surface area contributed by atoms with Crippen LogP contribution < -0.4 is 5.32 Å². The molecule has 0 saturated heterocycles. The molecule has 0 radical (unpaired) electrons. The minimum absolute atomic E-state index is 0.176. The summed E-state index contributed by atoms with van der Waals surface area (Å²) < 4.78 is 35.3. The summed E-state index contributed by atoms with van der Waals surface area (Å²) in [7, 11) is 0. The van der Waals surface area contributed by atoms with E-state index in [4.69, 9.17) is 5.11 Å². The van der Waals surface area contributed by atoms with E-state index in [1.807, 2.05) is 5.32 Å². The van der Waals surface area contributed by atoms with Crippen molar-refractivity contribution in [1.82, 2.24) is 10.3 Å². The van der Waals surface area contributed by atoms with Gasteiger partial charge in [0.25, 0.3) is 5.91 Å². The molecule has 0 aromatic carbocycles. The quantitative estimate of drug-likeness (QED) is 0.867. The van der Waals surface area contributed by atoms with E-state index in [0.29, 0.717) is 0 Å². The molecule has 0 bridgehead atoms. The number of alkyl halides is 3. The zero-order valence-corrected chi connectivity index (χ0v) is 9.06. The van der Waals surface area contributed by atoms with Crippen LogP contribution in [0.5, 0.6) is 0 Å². The van der Waals surface area contributed by atoms with Gasteiger partial charge in [0.15, 0.2) is 10.7 Å². The lowest BCUT2D eigenvalue weighted by molar-refractivity contribution is -0.132. The standard InChI is InChI=1S/C8H7F3N2O3S/c9-8(10,11)1-2-12-5(14)6-13-4(3-17-6)7(15)16/h3H,1-2H2,(H,12,14)(H,15,16). The number of carboxylic acids is 1. The molecule has 0 aliphatic carbocycles. The van der Waals surface area contributed by atoms with E-state index in [-0.39, 0.29) is 10.7 Å². The molecule has 1 amide bonds. The first-order valence-corrected chi connectivity index (χ1v) is 5.21. The van der Waals surface area contributed by atoms with Gasteiger partial charge in [-0.25, -0.2) is 9.78 Å². The van der Waals surface area contributed by atoms with E-state index in [1.54, 1.807) is 0 Å². The Morgan fingerprint density at radius 2 is 2.12 bits per heavy atom. The molecule has 1 rings (SSSR count). The number of thiazole rings is 1. The average molecular weight is 268 g/mol. The summed E-state index contributed by atoms with van der Waals surface area (Å²) in [5, 5.41) is 11.5. The van der Waals surface area contributed by atoms with E-state index >= 15 is 0 Å². The second-order valence-corrected chi connectivity index (χ2v) is 3.82. The third-order valence-electron chi connectivity index (χ3n) is 1.61. The highest BCUT2D eigenvalue weighted by Gasteiger charge is 2.26. The Morgan fingerprint density at radius 1 is 1.47 bits per heavy atom. The van der Waals surface area contributed by atoms with E-state index in [9.17, 15) is 22.8 Å². The minimum atomic E-state index is -4.34. The third kappa shape index (κ3) is 4.39. The van der Waals surface area contributed by atoms with Gasteiger partial charge in [-0.2, -0.15) is 13.2 Å². The van der Waals surface area contributed by atoms with Crippen LogP contribution in [0.15, 0.2) is 5.38 Å². The summed E-state index contributed by atoms with van der Waals surface area (Å²) in [6.07, 6.45) is -5.49. The van der Waals surface area contributed by atoms with Crippen molar-refractivity contribution in [3.05, 3.63) is 16.1 Å². The smallest absolute Gasteiger partial charge is 0.390 e. The molecular weight excluding hydrogens is 261 g/mol. The number of carbonyl (C=O) groups excluding carboxylic acids is 1. The zero-order chi connectivity index (χ0) is 13.1. The van der Waals surface area contributed by atoms with Crippen LogP contribution in [0.2, 0.25) is 0 Å².